The Kier molecular flexibility index (Phi) is 3.67. The van der Waals surface area contributed by atoms with Crippen LogP contribution < -0.4 is 10.6 Å². The van der Waals surface area contributed by atoms with E-state index in [1.165, 1.54) is 0 Å². The average Bonchev–Trinajstić information content (AvgIpc) is 2.68. The Bertz CT molecular complexity index is 873. The highest BCUT2D eigenvalue weighted by atomic mass is 16.3. The van der Waals surface area contributed by atoms with Gasteiger partial charge in [0.15, 0.2) is 0 Å². The standard InChI is InChI=1S/C21H18N2O/c24-21(16-11-5-2-6-12-16)20-19(15-9-3-1-4-10-15)22-17-13-7-8-14-18(17)23-20/h1-14,19,22-24H. The SMILES string of the molecule is OC(=C1Nc2ccccc2NC1c1ccccc1)c1ccccc1. The molecule has 1 heterocycles. The first-order valence-corrected chi connectivity index (χ1v) is 7.99. The minimum atomic E-state index is -0.138. The molecule has 3 N–H and O–H groups in total. The van der Waals surface area contributed by atoms with Gasteiger partial charge in [-0.05, 0) is 17.7 Å². The fourth-order valence-corrected chi connectivity index (χ4v) is 3.01. The Hall–Kier alpha value is -3.20. The van der Waals surface area contributed by atoms with Crippen LogP contribution in [-0.4, -0.2) is 5.11 Å². The molecular formula is C21H18N2O. The topological polar surface area (TPSA) is 44.3 Å². The van der Waals surface area contributed by atoms with Crippen molar-refractivity contribution in [3.63, 3.8) is 0 Å². The Morgan fingerprint density at radius 1 is 0.708 bits per heavy atom. The third-order valence-corrected chi connectivity index (χ3v) is 4.22. The maximum atomic E-state index is 10.9. The summed E-state index contributed by atoms with van der Waals surface area (Å²) >= 11 is 0. The molecule has 0 saturated carbocycles. The number of hydrogen-bond acceptors (Lipinski definition) is 3. The van der Waals surface area contributed by atoms with Gasteiger partial charge in [0.05, 0.1) is 23.1 Å². The smallest absolute Gasteiger partial charge is 0.144 e. The van der Waals surface area contributed by atoms with Crippen LogP contribution in [-0.2, 0) is 0 Å². The zero-order valence-electron chi connectivity index (χ0n) is 13.1. The largest absolute Gasteiger partial charge is 0.505 e. The van der Waals surface area contributed by atoms with Gasteiger partial charge < -0.3 is 15.7 Å². The zero-order valence-corrected chi connectivity index (χ0v) is 13.1. The maximum Gasteiger partial charge on any atom is 0.144 e. The van der Waals surface area contributed by atoms with E-state index in [4.69, 9.17) is 0 Å². The first-order chi connectivity index (χ1) is 11.8. The highest BCUT2D eigenvalue weighted by molar-refractivity contribution is 5.80. The third kappa shape index (κ3) is 2.61. The molecule has 0 fully saturated rings. The molecule has 118 valence electrons. The first kappa shape index (κ1) is 14.4. The summed E-state index contributed by atoms with van der Waals surface area (Å²) in [6.07, 6.45) is 0. The molecule has 1 atom stereocenters. The number of rotatable bonds is 2. The normalized spacial score (nSPS) is 18.1. The number of anilines is 2. The van der Waals surface area contributed by atoms with E-state index in [1.54, 1.807) is 0 Å². The third-order valence-electron chi connectivity index (χ3n) is 4.22. The number of benzene rings is 3. The Morgan fingerprint density at radius 3 is 2.00 bits per heavy atom. The number of fused-ring (bicyclic) bond motifs is 1. The van der Waals surface area contributed by atoms with Gasteiger partial charge in [-0.15, -0.1) is 0 Å². The lowest BCUT2D eigenvalue weighted by Gasteiger charge is -2.32. The fraction of sp³-hybridized carbons (Fsp3) is 0.0476. The second-order valence-electron chi connectivity index (χ2n) is 5.79. The quantitative estimate of drug-likeness (QED) is 0.570. The van der Waals surface area contributed by atoms with Gasteiger partial charge >= 0.3 is 0 Å². The molecule has 0 saturated heterocycles. The van der Waals surface area contributed by atoms with Crippen LogP contribution in [0, 0.1) is 0 Å². The Labute approximate surface area is 141 Å². The molecule has 0 radical (unpaired) electrons. The van der Waals surface area contributed by atoms with Crippen LogP contribution in [0.5, 0.6) is 0 Å². The van der Waals surface area contributed by atoms with E-state index in [0.717, 1.165) is 28.2 Å². The number of hydrogen-bond donors (Lipinski definition) is 3. The van der Waals surface area contributed by atoms with Gasteiger partial charge in [-0.3, -0.25) is 0 Å². The van der Waals surface area contributed by atoms with Gasteiger partial charge in [0, 0.05) is 5.56 Å². The number of aliphatic hydroxyl groups excluding tert-OH is 1. The summed E-state index contributed by atoms with van der Waals surface area (Å²) in [6, 6.07) is 27.6. The van der Waals surface area contributed by atoms with Gasteiger partial charge in [0.25, 0.3) is 0 Å². The lowest BCUT2D eigenvalue weighted by Crippen LogP contribution is -2.25. The minimum absolute atomic E-state index is 0.138. The van der Waals surface area contributed by atoms with E-state index in [-0.39, 0.29) is 11.8 Å². The van der Waals surface area contributed by atoms with E-state index in [2.05, 4.69) is 22.8 Å². The highest BCUT2D eigenvalue weighted by Crippen LogP contribution is 2.39. The van der Waals surface area contributed by atoms with Crippen LogP contribution in [0.2, 0.25) is 0 Å². The lowest BCUT2D eigenvalue weighted by atomic mass is 9.97. The summed E-state index contributed by atoms with van der Waals surface area (Å²) in [7, 11) is 0. The van der Waals surface area contributed by atoms with E-state index in [0.29, 0.717) is 0 Å². The molecule has 24 heavy (non-hydrogen) atoms. The van der Waals surface area contributed by atoms with Crippen molar-refractivity contribution < 1.29 is 5.11 Å². The van der Waals surface area contributed by atoms with Crippen LogP contribution in [0.4, 0.5) is 11.4 Å². The van der Waals surface area contributed by atoms with Crippen molar-refractivity contribution in [3.8, 4) is 0 Å². The number of nitrogens with one attached hydrogen (secondary N) is 2. The molecule has 4 rings (SSSR count). The van der Waals surface area contributed by atoms with Crippen LogP contribution in [0.15, 0.2) is 90.6 Å². The van der Waals surface area contributed by atoms with Gasteiger partial charge in [-0.25, -0.2) is 0 Å². The molecule has 0 aromatic heterocycles. The molecule has 3 aromatic carbocycles. The average molecular weight is 314 g/mol. The van der Waals surface area contributed by atoms with Crippen molar-refractivity contribution in [1.29, 1.82) is 0 Å². The summed E-state index contributed by atoms with van der Waals surface area (Å²) in [4.78, 5) is 0. The summed E-state index contributed by atoms with van der Waals surface area (Å²) in [5.41, 5.74) is 4.63. The van der Waals surface area contributed by atoms with E-state index in [9.17, 15) is 5.11 Å². The molecule has 3 aromatic rings. The molecule has 3 nitrogen and oxygen atoms in total. The lowest BCUT2D eigenvalue weighted by molar-refractivity contribution is 0.502. The second kappa shape index (κ2) is 6.13. The summed E-state index contributed by atoms with van der Waals surface area (Å²) in [5.74, 6) is 0.256. The van der Waals surface area contributed by atoms with E-state index < -0.39 is 0 Å². The fourth-order valence-electron chi connectivity index (χ4n) is 3.01. The van der Waals surface area contributed by atoms with Crippen molar-refractivity contribution in [1.82, 2.24) is 0 Å². The van der Waals surface area contributed by atoms with Gasteiger partial charge in [-0.1, -0.05) is 72.8 Å². The van der Waals surface area contributed by atoms with E-state index >= 15 is 0 Å². The van der Waals surface area contributed by atoms with Crippen LogP contribution in [0.3, 0.4) is 0 Å². The molecule has 1 aliphatic rings. The van der Waals surface area contributed by atoms with Crippen molar-refractivity contribution >= 4 is 17.1 Å². The van der Waals surface area contributed by atoms with Crippen molar-refractivity contribution in [2.24, 2.45) is 0 Å². The van der Waals surface area contributed by atoms with E-state index in [1.807, 2.05) is 72.8 Å². The van der Waals surface area contributed by atoms with Crippen molar-refractivity contribution in [2.45, 2.75) is 6.04 Å². The number of para-hydroxylation sites is 2. The minimum Gasteiger partial charge on any atom is -0.505 e. The maximum absolute atomic E-state index is 10.9. The Balaban J connectivity index is 1.86. The molecule has 1 aliphatic heterocycles. The predicted molar refractivity (Wildman–Crippen MR) is 98.9 cm³/mol. The first-order valence-electron chi connectivity index (χ1n) is 7.99. The van der Waals surface area contributed by atoms with Crippen LogP contribution in [0.1, 0.15) is 17.2 Å². The molecule has 0 amide bonds. The van der Waals surface area contributed by atoms with Gasteiger partial charge in [0.1, 0.15) is 5.76 Å². The van der Waals surface area contributed by atoms with Gasteiger partial charge in [0.2, 0.25) is 0 Å². The molecular weight excluding hydrogens is 296 g/mol. The second-order valence-corrected chi connectivity index (χ2v) is 5.79. The van der Waals surface area contributed by atoms with Gasteiger partial charge in [-0.2, -0.15) is 0 Å². The summed E-state index contributed by atoms with van der Waals surface area (Å²) in [5, 5.41) is 17.8. The molecule has 0 aliphatic carbocycles. The molecule has 3 heteroatoms. The van der Waals surface area contributed by atoms with Crippen LogP contribution >= 0.6 is 0 Å². The van der Waals surface area contributed by atoms with Crippen molar-refractivity contribution in [3.05, 3.63) is 102 Å². The predicted octanol–water partition coefficient (Wildman–Crippen LogP) is 5.19. The molecule has 0 bridgehead atoms. The number of aliphatic hydroxyl groups is 1. The summed E-state index contributed by atoms with van der Waals surface area (Å²) < 4.78 is 0. The summed E-state index contributed by atoms with van der Waals surface area (Å²) in [6.45, 7) is 0. The van der Waals surface area contributed by atoms with Crippen molar-refractivity contribution in [2.75, 3.05) is 10.6 Å². The monoisotopic (exact) mass is 314 g/mol. The van der Waals surface area contributed by atoms with Crippen LogP contribution in [0.25, 0.3) is 5.76 Å². The molecule has 1 unspecified atom stereocenters. The molecule has 0 spiro atoms. The zero-order chi connectivity index (χ0) is 16.4. The highest BCUT2D eigenvalue weighted by Gasteiger charge is 2.26. The Morgan fingerprint density at radius 2 is 1.29 bits per heavy atom.